The molecular formula is C22H32N7O2+. The van der Waals surface area contributed by atoms with E-state index in [1.54, 1.807) is 0 Å². The van der Waals surface area contributed by atoms with Gasteiger partial charge in [0.1, 0.15) is 5.54 Å². The van der Waals surface area contributed by atoms with Crippen LogP contribution in [0.1, 0.15) is 64.2 Å². The second kappa shape index (κ2) is 9.15. The molecule has 4 rings (SSSR count). The Kier molecular flexibility index (Phi) is 6.33. The summed E-state index contributed by atoms with van der Waals surface area (Å²) in [6.45, 7) is 0. The lowest BCUT2D eigenvalue weighted by Gasteiger charge is -2.39. The van der Waals surface area contributed by atoms with E-state index in [1.807, 2.05) is 30.3 Å². The summed E-state index contributed by atoms with van der Waals surface area (Å²) in [5.41, 5.74) is 8.88. The second-order valence-electron chi connectivity index (χ2n) is 8.71. The Bertz CT molecular complexity index is 858. The third-order valence-electron chi connectivity index (χ3n) is 6.52. The average molecular weight is 427 g/mol. The molecule has 0 spiro atoms. The minimum Gasteiger partial charge on any atom is -0.368 e. The number of benzene rings is 1. The molecule has 1 heterocycles. The Hall–Kier alpha value is -2.78. The lowest BCUT2D eigenvalue weighted by atomic mass is 9.81. The third-order valence-corrected chi connectivity index (χ3v) is 6.52. The van der Waals surface area contributed by atoms with Crippen molar-refractivity contribution in [2.75, 3.05) is 5.32 Å². The molecule has 3 aliphatic rings. The van der Waals surface area contributed by atoms with Gasteiger partial charge in [0.25, 0.3) is 0 Å². The van der Waals surface area contributed by atoms with Crippen LogP contribution in [0.5, 0.6) is 0 Å². The van der Waals surface area contributed by atoms with Gasteiger partial charge in [-0.3, -0.25) is 15.4 Å². The Morgan fingerprint density at radius 1 is 1.00 bits per heavy atom. The highest BCUT2D eigenvalue weighted by Gasteiger charge is 2.56. The molecule has 1 aromatic rings. The summed E-state index contributed by atoms with van der Waals surface area (Å²) in [5.74, 6) is -0.165. The van der Waals surface area contributed by atoms with Gasteiger partial charge in [0.05, 0.1) is 0 Å². The monoisotopic (exact) mass is 426 g/mol. The van der Waals surface area contributed by atoms with Gasteiger partial charge in [0.2, 0.25) is 5.91 Å². The summed E-state index contributed by atoms with van der Waals surface area (Å²) >= 11 is 0. The number of hydrogen-bond donors (Lipinski definition) is 4. The topological polar surface area (TPSA) is 121 Å². The molecule has 9 nitrogen and oxygen atoms in total. The zero-order valence-corrected chi connectivity index (χ0v) is 17.8. The fourth-order valence-electron chi connectivity index (χ4n) is 4.73. The quantitative estimate of drug-likeness (QED) is 0.541. The van der Waals surface area contributed by atoms with Crippen LogP contribution in [0.3, 0.4) is 0 Å². The van der Waals surface area contributed by atoms with Gasteiger partial charge in [0.15, 0.2) is 6.34 Å². The van der Waals surface area contributed by atoms with Crippen LogP contribution in [0.15, 0.2) is 40.4 Å². The normalized spacial score (nSPS) is 25.6. The number of hydrogen-bond acceptors (Lipinski definition) is 6. The predicted molar refractivity (Wildman–Crippen MR) is 120 cm³/mol. The molecule has 2 aliphatic carbocycles. The molecule has 31 heavy (non-hydrogen) atoms. The van der Waals surface area contributed by atoms with Crippen LogP contribution in [0.4, 0.5) is 10.5 Å². The van der Waals surface area contributed by atoms with Crippen molar-refractivity contribution in [3.05, 3.63) is 30.3 Å². The number of primary amides is 1. The Labute approximate surface area is 182 Å². The first-order chi connectivity index (χ1) is 15.0. The molecule has 9 heteroatoms. The molecular weight excluding hydrogens is 394 g/mol. The number of amides is 3. The van der Waals surface area contributed by atoms with Crippen LogP contribution >= 0.6 is 0 Å². The van der Waals surface area contributed by atoms with E-state index in [4.69, 9.17) is 5.73 Å². The maximum absolute atomic E-state index is 13.7. The molecule has 1 aliphatic heterocycles. The van der Waals surface area contributed by atoms with E-state index >= 15 is 0 Å². The Balaban J connectivity index is 1.65. The van der Waals surface area contributed by atoms with Crippen LogP contribution in [-0.4, -0.2) is 40.5 Å². The minimum atomic E-state index is -1.02. The van der Waals surface area contributed by atoms with Gasteiger partial charge in [-0.2, -0.15) is 4.99 Å². The summed E-state index contributed by atoms with van der Waals surface area (Å²) in [7, 11) is 0. The average Bonchev–Trinajstić information content (AvgIpc) is 3.18. The Morgan fingerprint density at radius 2 is 1.68 bits per heavy atom. The fourth-order valence-corrected chi connectivity index (χ4v) is 4.73. The molecule has 1 aromatic carbocycles. The minimum absolute atomic E-state index is 0.0858. The smallest absolute Gasteiger partial charge is 0.368 e. The van der Waals surface area contributed by atoms with Crippen molar-refractivity contribution in [2.45, 2.75) is 75.8 Å². The van der Waals surface area contributed by atoms with Crippen LogP contribution in [0, 0.1) is 0 Å². The van der Waals surface area contributed by atoms with E-state index < -0.39 is 16.1 Å². The number of anilines is 1. The maximum Gasteiger partial charge on any atom is 0.471 e. The number of para-hydroxylation sites is 1. The lowest BCUT2D eigenvalue weighted by molar-refractivity contribution is -0.819. The number of nitrogens with two attached hydrogens (primary N) is 1. The maximum atomic E-state index is 13.7. The van der Waals surface area contributed by atoms with Gasteiger partial charge < -0.3 is 5.73 Å². The zero-order chi connectivity index (χ0) is 21.7. The highest BCUT2D eigenvalue weighted by molar-refractivity contribution is 6.00. The van der Waals surface area contributed by atoms with Gasteiger partial charge in [-0.1, -0.05) is 56.7 Å². The summed E-state index contributed by atoms with van der Waals surface area (Å²) in [5, 5.41) is 10.8. The largest absolute Gasteiger partial charge is 0.471 e. The lowest BCUT2D eigenvalue weighted by Crippen LogP contribution is -2.74. The number of aliphatic imine (C=N–C) groups is 1. The molecule has 166 valence electrons. The Morgan fingerprint density at radius 3 is 2.35 bits per heavy atom. The van der Waals surface area contributed by atoms with Crippen molar-refractivity contribution < 1.29 is 14.3 Å². The molecule has 0 aromatic heterocycles. The van der Waals surface area contributed by atoms with E-state index in [9.17, 15) is 9.59 Å². The van der Waals surface area contributed by atoms with Gasteiger partial charge >= 0.3 is 12.0 Å². The van der Waals surface area contributed by atoms with E-state index in [-0.39, 0.29) is 12.1 Å². The molecule has 5 N–H and O–H groups in total. The summed E-state index contributed by atoms with van der Waals surface area (Å²) in [4.78, 5) is 30.6. The molecule has 3 amide bonds. The van der Waals surface area contributed by atoms with E-state index in [1.165, 1.54) is 12.8 Å². The molecule has 0 bridgehead atoms. The van der Waals surface area contributed by atoms with Crippen LogP contribution in [0.2, 0.25) is 0 Å². The van der Waals surface area contributed by atoms with Crippen molar-refractivity contribution >= 4 is 29.9 Å². The zero-order valence-electron chi connectivity index (χ0n) is 17.8. The predicted octanol–water partition coefficient (Wildman–Crippen LogP) is 2.96. The fraction of sp³-hybridized carbons (Fsp3) is 0.545. The number of carbonyl (C=O) groups excluding carboxylic acids is 2. The summed E-state index contributed by atoms with van der Waals surface area (Å²) < 4.78 is -0.645. The molecule has 2 fully saturated rings. The number of carbonyl (C=O) groups is 2. The standard InChI is InChI=1S/C22H31N7O2/c23-19(30)22(14-8-3-9-15-22)28-29(21(31)27-18-12-6-2-7-13-18)20(24-16-25-29)26-17-10-4-1-5-11-17/h1,4-5,10-11,16,18,28H,2-3,6-9,12-15H2,(H3-,23,24,25,26,27,30,31)/p+1. The molecule has 1 atom stereocenters. The van der Waals surface area contributed by atoms with E-state index in [0.29, 0.717) is 18.8 Å². The number of nitrogens with zero attached hydrogens (tertiary/aromatic N) is 3. The van der Waals surface area contributed by atoms with Gasteiger partial charge in [0, 0.05) is 16.4 Å². The van der Waals surface area contributed by atoms with Crippen molar-refractivity contribution in [1.29, 1.82) is 0 Å². The number of quaternary nitrogens is 1. The van der Waals surface area contributed by atoms with Gasteiger partial charge in [-0.15, -0.1) is 5.43 Å². The number of nitrogens with one attached hydrogen (secondary N) is 3. The van der Waals surface area contributed by atoms with Crippen molar-refractivity contribution in [3.8, 4) is 0 Å². The van der Waals surface area contributed by atoms with Crippen LogP contribution in [0.25, 0.3) is 0 Å². The van der Waals surface area contributed by atoms with Gasteiger partial charge in [-0.25, -0.2) is 4.79 Å². The molecule has 1 unspecified atom stereocenters. The highest BCUT2D eigenvalue weighted by Crippen LogP contribution is 2.31. The van der Waals surface area contributed by atoms with Crippen molar-refractivity contribution in [3.63, 3.8) is 0 Å². The number of urea groups is 1. The molecule has 0 radical (unpaired) electrons. The van der Waals surface area contributed by atoms with Gasteiger partial charge in [-0.05, 0) is 42.9 Å². The van der Waals surface area contributed by atoms with Crippen LogP contribution < -0.4 is 21.8 Å². The summed E-state index contributed by atoms with van der Waals surface area (Å²) in [6, 6.07) is 9.22. The van der Waals surface area contributed by atoms with Crippen molar-refractivity contribution in [1.82, 2.24) is 10.7 Å². The molecule has 2 saturated carbocycles. The third kappa shape index (κ3) is 4.47. The number of guanidine groups is 1. The first-order valence-corrected chi connectivity index (χ1v) is 11.3. The van der Waals surface area contributed by atoms with Crippen molar-refractivity contribution in [2.24, 2.45) is 15.8 Å². The second-order valence-corrected chi connectivity index (χ2v) is 8.71. The van der Waals surface area contributed by atoms with Crippen LogP contribution in [-0.2, 0) is 4.79 Å². The number of rotatable bonds is 5. The van der Waals surface area contributed by atoms with E-state index in [0.717, 1.165) is 50.6 Å². The highest BCUT2D eigenvalue weighted by atomic mass is 16.2. The summed E-state index contributed by atoms with van der Waals surface area (Å²) in [6.07, 6.45) is 10.5. The first-order valence-electron chi connectivity index (χ1n) is 11.3. The molecule has 0 saturated heterocycles. The SMILES string of the molecule is NC(=O)C1(N[N+]2(C(=O)NC3CCCCC3)N=CN=C2Nc2ccccc2)CCCCC1. The first kappa shape index (κ1) is 21.5. The van der Waals surface area contributed by atoms with E-state index in [2.05, 4.69) is 26.2 Å².